The molecule has 2 amide bonds. The number of halogens is 1. The third-order valence-electron chi connectivity index (χ3n) is 3.37. The second-order valence-corrected chi connectivity index (χ2v) is 5.56. The average molecular weight is 341 g/mol. The highest BCUT2D eigenvalue weighted by molar-refractivity contribution is 6.30. The van der Waals surface area contributed by atoms with E-state index in [1.807, 2.05) is 0 Å². The molecule has 2 unspecified atom stereocenters. The van der Waals surface area contributed by atoms with Crippen LogP contribution in [0.1, 0.15) is 13.3 Å². The highest BCUT2D eigenvalue weighted by atomic mass is 35.5. The molecule has 0 aliphatic carbocycles. The molecule has 124 valence electrons. The molecule has 7 nitrogen and oxygen atoms in total. The number of ether oxygens (including phenoxy) is 2. The van der Waals surface area contributed by atoms with E-state index in [9.17, 15) is 14.4 Å². The molecule has 0 spiro atoms. The number of amides is 2. The first-order valence-corrected chi connectivity index (χ1v) is 7.39. The minimum Gasteiger partial charge on any atom is -0.481 e. The van der Waals surface area contributed by atoms with Crippen LogP contribution in [0.25, 0.3) is 0 Å². The Balaban J connectivity index is 2.01. The fourth-order valence-corrected chi connectivity index (χ4v) is 2.33. The first-order valence-electron chi connectivity index (χ1n) is 7.01. The van der Waals surface area contributed by atoms with Crippen LogP contribution >= 0.6 is 11.6 Å². The van der Waals surface area contributed by atoms with Crippen molar-refractivity contribution in [2.75, 3.05) is 13.7 Å². The van der Waals surface area contributed by atoms with Crippen molar-refractivity contribution in [3.8, 4) is 5.75 Å². The standard InChI is InChI=1S/C15H17ClN2O5/c1-9(23-12-5-3-11(16)4-6-12)14(20)18-8-10(15(21)22-2)7-13(19)17-18/h3-6,9-10H,7-8H2,1-2H3,(H,17,19). The lowest BCUT2D eigenvalue weighted by Gasteiger charge is -2.32. The topological polar surface area (TPSA) is 84.9 Å². The van der Waals surface area contributed by atoms with Gasteiger partial charge < -0.3 is 9.47 Å². The summed E-state index contributed by atoms with van der Waals surface area (Å²) in [6, 6.07) is 6.56. The Kier molecular flexibility index (Phi) is 5.44. The summed E-state index contributed by atoms with van der Waals surface area (Å²) < 4.78 is 10.2. The predicted octanol–water partition coefficient (Wildman–Crippen LogP) is 1.16. The lowest BCUT2D eigenvalue weighted by atomic mass is 10.0. The molecule has 1 aliphatic heterocycles. The van der Waals surface area contributed by atoms with Crippen molar-refractivity contribution in [1.82, 2.24) is 10.4 Å². The van der Waals surface area contributed by atoms with Gasteiger partial charge in [0.1, 0.15) is 5.75 Å². The Morgan fingerprint density at radius 3 is 2.61 bits per heavy atom. The van der Waals surface area contributed by atoms with Gasteiger partial charge in [0.05, 0.1) is 19.6 Å². The average Bonchev–Trinajstić information content (AvgIpc) is 2.54. The number of nitrogens with one attached hydrogen (secondary N) is 1. The van der Waals surface area contributed by atoms with E-state index in [-0.39, 0.29) is 13.0 Å². The van der Waals surface area contributed by atoms with Gasteiger partial charge in [-0.1, -0.05) is 11.6 Å². The van der Waals surface area contributed by atoms with Gasteiger partial charge in [-0.15, -0.1) is 0 Å². The summed E-state index contributed by atoms with van der Waals surface area (Å²) in [5.74, 6) is -1.60. The highest BCUT2D eigenvalue weighted by Crippen LogP contribution is 2.18. The van der Waals surface area contributed by atoms with Crippen molar-refractivity contribution in [2.24, 2.45) is 5.92 Å². The van der Waals surface area contributed by atoms with E-state index in [0.717, 1.165) is 5.01 Å². The maximum atomic E-state index is 12.4. The predicted molar refractivity (Wildman–Crippen MR) is 81.5 cm³/mol. The molecular formula is C15H17ClN2O5. The van der Waals surface area contributed by atoms with E-state index < -0.39 is 29.8 Å². The second-order valence-electron chi connectivity index (χ2n) is 5.12. The van der Waals surface area contributed by atoms with Crippen LogP contribution in [0.5, 0.6) is 5.75 Å². The van der Waals surface area contributed by atoms with E-state index in [1.165, 1.54) is 7.11 Å². The van der Waals surface area contributed by atoms with E-state index in [1.54, 1.807) is 31.2 Å². The smallest absolute Gasteiger partial charge is 0.311 e. The first kappa shape index (κ1) is 17.1. The summed E-state index contributed by atoms with van der Waals surface area (Å²) in [6.45, 7) is 1.61. The number of benzene rings is 1. The van der Waals surface area contributed by atoms with Crippen molar-refractivity contribution < 1.29 is 23.9 Å². The number of hydrogen-bond acceptors (Lipinski definition) is 5. The minimum absolute atomic E-state index is 0.0110. The van der Waals surface area contributed by atoms with E-state index in [0.29, 0.717) is 10.8 Å². The summed E-state index contributed by atoms with van der Waals surface area (Å²) in [5, 5.41) is 1.65. The Morgan fingerprint density at radius 2 is 2.00 bits per heavy atom. The maximum Gasteiger partial charge on any atom is 0.311 e. The van der Waals surface area contributed by atoms with Crippen molar-refractivity contribution >= 4 is 29.4 Å². The van der Waals surface area contributed by atoms with Crippen LogP contribution < -0.4 is 10.2 Å². The number of nitrogens with zero attached hydrogens (tertiary/aromatic N) is 1. The number of hydrogen-bond donors (Lipinski definition) is 1. The number of hydrazine groups is 1. The summed E-state index contributed by atoms with van der Waals surface area (Å²) in [7, 11) is 1.24. The molecule has 1 N–H and O–H groups in total. The molecule has 1 saturated heterocycles. The van der Waals surface area contributed by atoms with Gasteiger partial charge in [0.15, 0.2) is 6.10 Å². The van der Waals surface area contributed by atoms with E-state index >= 15 is 0 Å². The van der Waals surface area contributed by atoms with Crippen LogP contribution in [-0.2, 0) is 19.1 Å². The van der Waals surface area contributed by atoms with Crippen molar-refractivity contribution in [3.05, 3.63) is 29.3 Å². The van der Waals surface area contributed by atoms with Crippen molar-refractivity contribution in [2.45, 2.75) is 19.4 Å². The maximum absolute atomic E-state index is 12.4. The van der Waals surface area contributed by atoms with Gasteiger partial charge in [-0.05, 0) is 31.2 Å². The van der Waals surface area contributed by atoms with E-state index in [2.05, 4.69) is 10.2 Å². The van der Waals surface area contributed by atoms with Crippen molar-refractivity contribution in [3.63, 3.8) is 0 Å². The zero-order valence-electron chi connectivity index (χ0n) is 12.7. The molecule has 1 aromatic carbocycles. The molecule has 1 aromatic rings. The second kappa shape index (κ2) is 7.32. The normalized spacial score (nSPS) is 18.8. The van der Waals surface area contributed by atoms with Gasteiger partial charge in [0, 0.05) is 11.4 Å². The third-order valence-corrected chi connectivity index (χ3v) is 3.62. The number of carbonyl (C=O) groups is 3. The lowest BCUT2D eigenvalue weighted by Crippen LogP contribution is -2.57. The SMILES string of the molecule is COC(=O)C1CC(=O)NN(C(=O)C(C)Oc2ccc(Cl)cc2)C1. The fraction of sp³-hybridized carbons (Fsp3) is 0.400. The number of carbonyl (C=O) groups excluding carboxylic acids is 3. The minimum atomic E-state index is -0.840. The quantitative estimate of drug-likeness (QED) is 0.831. The Labute approximate surface area is 138 Å². The molecular weight excluding hydrogens is 324 g/mol. The number of methoxy groups -OCH3 is 1. The first-order chi connectivity index (χ1) is 10.9. The molecule has 0 saturated carbocycles. The van der Waals surface area contributed by atoms with Crippen LogP contribution in [0.2, 0.25) is 5.02 Å². The van der Waals surface area contributed by atoms with Gasteiger partial charge in [-0.2, -0.15) is 0 Å². The third kappa shape index (κ3) is 4.35. The summed E-state index contributed by atoms with van der Waals surface area (Å²) >= 11 is 5.79. The molecule has 2 atom stereocenters. The Hall–Kier alpha value is -2.28. The molecule has 1 fully saturated rings. The summed E-state index contributed by atoms with van der Waals surface area (Å²) in [4.78, 5) is 35.6. The van der Waals surface area contributed by atoms with Gasteiger partial charge in [-0.3, -0.25) is 19.8 Å². The zero-order chi connectivity index (χ0) is 17.0. The zero-order valence-corrected chi connectivity index (χ0v) is 13.5. The molecule has 8 heteroatoms. The molecule has 0 radical (unpaired) electrons. The Bertz CT molecular complexity index is 604. The van der Waals surface area contributed by atoms with Crippen LogP contribution in [0.3, 0.4) is 0 Å². The van der Waals surface area contributed by atoms with E-state index in [4.69, 9.17) is 16.3 Å². The summed E-state index contributed by atoms with van der Waals surface area (Å²) in [5.41, 5.74) is 2.44. The van der Waals surface area contributed by atoms with Gasteiger partial charge in [-0.25, -0.2) is 5.01 Å². The molecule has 0 bridgehead atoms. The lowest BCUT2D eigenvalue weighted by molar-refractivity contribution is -0.159. The molecule has 23 heavy (non-hydrogen) atoms. The fourth-order valence-electron chi connectivity index (χ4n) is 2.21. The van der Waals surface area contributed by atoms with Gasteiger partial charge >= 0.3 is 5.97 Å². The molecule has 1 heterocycles. The van der Waals surface area contributed by atoms with Crippen LogP contribution in [0.15, 0.2) is 24.3 Å². The summed E-state index contributed by atoms with van der Waals surface area (Å²) in [6.07, 6.45) is -0.851. The number of esters is 1. The van der Waals surface area contributed by atoms with Crippen LogP contribution in [0, 0.1) is 5.92 Å². The largest absolute Gasteiger partial charge is 0.481 e. The number of rotatable bonds is 4. The van der Waals surface area contributed by atoms with Crippen LogP contribution in [0.4, 0.5) is 0 Å². The van der Waals surface area contributed by atoms with Crippen LogP contribution in [-0.4, -0.2) is 42.6 Å². The van der Waals surface area contributed by atoms with Crippen molar-refractivity contribution in [1.29, 1.82) is 0 Å². The van der Waals surface area contributed by atoms with Gasteiger partial charge in [0.2, 0.25) is 5.91 Å². The Morgan fingerprint density at radius 1 is 1.35 bits per heavy atom. The highest BCUT2D eigenvalue weighted by Gasteiger charge is 2.35. The molecule has 1 aliphatic rings. The monoisotopic (exact) mass is 340 g/mol. The van der Waals surface area contributed by atoms with Gasteiger partial charge in [0.25, 0.3) is 5.91 Å². The molecule has 2 rings (SSSR count). The molecule has 0 aromatic heterocycles.